The van der Waals surface area contributed by atoms with Gasteiger partial charge in [0.1, 0.15) is 0 Å². The van der Waals surface area contributed by atoms with Crippen LogP contribution in [0.3, 0.4) is 0 Å². The van der Waals surface area contributed by atoms with Gasteiger partial charge in [0.05, 0.1) is 18.7 Å². The zero-order valence-electron chi connectivity index (χ0n) is 13.6. The Labute approximate surface area is 146 Å². The second-order valence-electron chi connectivity index (χ2n) is 5.11. The predicted molar refractivity (Wildman–Crippen MR) is 95.7 cm³/mol. The highest BCUT2D eigenvalue weighted by atomic mass is 35.5. The van der Waals surface area contributed by atoms with E-state index < -0.39 is 0 Å². The second kappa shape index (κ2) is 8.36. The van der Waals surface area contributed by atoms with Crippen molar-refractivity contribution in [3.8, 4) is 0 Å². The quantitative estimate of drug-likeness (QED) is 0.779. The number of benzene rings is 2. The van der Waals surface area contributed by atoms with Crippen LogP contribution >= 0.6 is 11.6 Å². The number of nitrogens with one attached hydrogen (secondary N) is 2. The summed E-state index contributed by atoms with van der Waals surface area (Å²) in [5, 5.41) is 6.41. The van der Waals surface area contributed by atoms with Crippen molar-refractivity contribution in [3.05, 3.63) is 58.6 Å². The summed E-state index contributed by atoms with van der Waals surface area (Å²) in [5.74, 6) is -0.548. The summed E-state index contributed by atoms with van der Waals surface area (Å²) in [4.78, 5) is 23.6. The minimum Gasteiger partial charge on any atom is -0.462 e. The summed E-state index contributed by atoms with van der Waals surface area (Å²) >= 11 is 6.03. The van der Waals surface area contributed by atoms with Crippen LogP contribution in [0.2, 0.25) is 5.02 Å². The maximum absolute atomic E-state index is 12.0. The lowest BCUT2D eigenvalue weighted by atomic mass is 10.2. The molecule has 126 valence electrons. The molecule has 0 fully saturated rings. The van der Waals surface area contributed by atoms with Crippen LogP contribution in [0.15, 0.2) is 42.5 Å². The average molecular weight is 347 g/mol. The molecule has 0 saturated carbocycles. The Morgan fingerprint density at radius 2 is 1.83 bits per heavy atom. The van der Waals surface area contributed by atoms with Crippen LogP contribution in [-0.4, -0.2) is 25.0 Å². The van der Waals surface area contributed by atoms with Crippen molar-refractivity contribution in [2.75, 3.05) is 23.8 Å². The molecule has 2 aromatic carbocycles. The first kappa shape index (κ1) is 17.8. The van der Waals surface area contributed by atoms with E-state index in [4.69, 9.17) is 16.3 Å². The number of hydrogen-bond donors (Lipinski definition) is 2. The highest BCUT2D eigenvalue weighted by Crippen LogP contribution is 2.22. The van der Waals surface area contributed by atoms with E-state index in [-0.39, 0.29) is 18.4 Å². The van der Waals surface area contributed by atoms with Gasteiger partial charge < -0.3 is 15.4 Å². The van der Waals surface area contributed by atoms with Gasteiger partial charge in [0.25, 0.3) is 0 Å². The molecule has 6 heteroatoms. The molecular formula is C18H19ClN2O3. The van der Waals surface area contributed by atoms with Gasteiger partial charge in [0.2, 0.25) is 5.91 Å². The van der Waals surface area contributed by atoms with Gasteiger partial charge in [-0.3, -0.25) is 4.79 Å². The van der Waals surface area contributed by atoms with Crippen LogP contribution in [0.5, 0.6) is 0 Å². The van der Waals surface area contributed by atoms with Gasteiger partial charge in [-0.25, -0.2) is 4.79 Å². The van der Waals surface area contributed by atoms with Crippen molar-refractivity contribution in [3.63, 3.8) is 0 Å². The highest BCUT2D eigenvalue weighted by molar-refractivity contribution is 6.31. The lowest BCUT2D eigenvalue weighted by molar-refractivity contribution is -0.114. The van der Waals surface area contributed by atoms with Crippen molar-refractivity contribution >= 4 is 34.9 Å². The van der Waals surface area contributed by atoms with Crippen molar-refractivity contribution in [1.82, 2.24) is 0 Å². The number of halogens is 1. The minimum absolute atomic E-state index is 0.102. The van der Waals surface area contributed by atoms with Crippen LogP contribution in [0.4, 0.5) is 11.4 Å². The number of rotatable bonds is 6. The monoisotopic (exact) mass is 346 g/mol. The van der Waals surface area contributed by atoms with E-state index in [1.54, 1.807) is 49.4 Å². The smallest absolute Gasteiger partial charge is 0.338 e. The third-order valence-corrected chi connectivity index (χ3v) is 3.80. The van der Waals surface area contributed by atoms with Crippen LogP contribution in [0.25, 0.3) is 0 Å². The molecule has 0 aliphatic carbocycles. The molecule has 0 atom stereocenters. The highest BCUT2D eigenvalue weighted by Gasteiger charge is 2.08. The SMILES string of the molecule is CCOC(=O)c1ccc(NCC(=O)Nc2cccc(Cl)c2C)cc1. The van der Waals surface area contributed by atoms with Gasteiger partial charge >= 0.3 is 5.97 Å². The zero-order valence-corrected chi connectivity index (χ0v) is 14.3. The lowest BCUT2D eigenvalue weighted by Gasteiger charge is -2.11. The first-order valence-electron chi connectivity index (χ1n) is 7.57. The average Bonchev–Trinajstić information content (AvgIpc) is 2.58. The molecular weight excluding hydrogens is 328 g/mol. The minimum atomic E-state index is -0.363. The maximum atomic E-state index is 12.0. The van der Waals surface area contributed by atoms with E-state index in [0.717, 1.165) is 11.3 Å². The van der Waals surface area contributed by atoms with E-state index in [2.05, 4.69) is 10.6 Å². The molecule has 2 rings (SSSR count). The maximum Gasteiger partial charge on any atom is 0.338 e. The molecule has 0 aliphatic heterocycles. The summed E-state index contributed by atoms with van der Waals surface area (Å²) in [6.45, 7) is 4.04. The number of carbonyl (C=O) groups is 2. The molecule has 0 heterocycles. The number of ether oxygens (including phenoxy) is 1. The van der Waals surface area contributed by atoms with Gasteiger partial charge in [0.15, 0.2) is 0 Å². The van der Waals surface area contributed by atoms with Crippen molar-refractivity contribution in [2.45, 2.75) is 13.8 Å². The normalized spacial score (nSPS) is 10.1. The molecule has 0 aromatic heterocycles. The fourth-order valence-corrected chi connectivity index (χ4v) is 2.23. The van der Waals surface area contributed by atoms with Gasteiger partial charge in [-0.2, -0.15) is 0 Å². The number of carbonyl (C=O) groups excluding carboxylic acids is 2. The summed E-state index contributed by atoms with van der Waals surface area (Å²) < 4.78 is 4.92. The molecule has 0 radical (unpaired) electrons. The van der Waals surface area contributed by atoms with Crippen LogP contribution in [0.1, 0.15) is 22.8 Å². The lowest BCUT2D eigenvalue weighted by Crippen LogP contribution is -2.22. The van der Waals surface area contributed by atoms with Crippen LogP contribution < -0.4 is 10.6 Å². The number of esters is 1. The molecule has 0 unspecified atom stereocenters. The summed E-state index contributed by atoms with van der Waals surface area (Å²) in [5.41, 5.74) is 2.72. The first-order valence-corrected chi connectivity index (χ1v) is 7.95. The van der Waals surface area contributed by atoms with E-state index in [1.807, 2.05) is 6.92 Å². The largest absolute Gasteiger partial charge is 0.462 e. The Balaban J connectivity index is 1.90. The van der Waals surface area contributed by atoms with E-state index >= 15 is 0 Å². The number of hydrogen-bond acceptors (Lipinski definition) is 4. The summed E-state index contributed by atoms with van der Waals surface area (Å²) in [7, 11) is 0. The van der Waals surface area contributed by atoms with Gasteiger partial charge in [-0.15, -0.1) is 0 Å². The molecule has 1 amide bonds. The Kier molecular flexibility index (Phi) is 6.21. The standard InChI is InChI=1S/C18H19ClN2O3/c1-3-24-18(23)13-7-9-14(10-8-13)20-11-17(22)21-16-6-4-5-15(19)12(16)2/h4-10,20H,3,11H2,1-2H3,(H,21,22). The molecule has 24 heavy (non-hydrogen) atoms. The molecule has 5 nitrogen and oxygen atoms in total. The Hall–Kier alpha value is -2.53. The molecule has 0 bridgehead atoms. The Morgan fingerprint density at radius 3 is 2.50 bits per heavy atom. The van der Waals surface area contributed by atoms with Crippen LogP contribution in [-0.2, 0) is 9.53 Å². The van der Waals surface area contributed by atoms with Gasteiger partial charge in [0, 0.05) is 16.4 Å². The van der Waals surface area contributed by atoms with Crippen molar-refractivity contribution in [2.24, 2.45) is 0 Å². The van der Waals surface area contributed by atoms with Crippen molar-refractivity contribution < 1.29 is 14.3 Å². The predicted octanol–water partition coefficient (Wildman–Crippen LogP) is 3.88. The zero-order chi connectivity index (χ0) is 17.5. The van der Waals surface area contributed by atoms with Crippen LogP contribution in [0, 0.1) is 6.92 Å². The van der Waals surface area contributed by atoms with Gasteiger partial charge in [-0.1, -0.05) is 17.7 Å². The van der Waals surface area contributed by atoms with E-state index in [0.29, 0.717) is 22.9 Å². The third kappa shape index (κ3) is 4.73. The van der Waals surface area contributed by atoms with Gasteiger partial charge in [-0.05, 0) is 55.8 Å². The third-order valence-electron chi connectivity index (χ3n) is 3.39. The summed E-state index contributed by atoms with van der Waals surface area (Å²) in [6, 6.07) is 12.1. The summed E-state index contributed by atoms with van der Waals surface area (Å²) in [6.07, 6.45) is 0. The molecule has 2 aromatic rings. The van der Waals surface area contributed by atoms with Crippen molar-refractivity contribution in [1.29, 1.82) is 0 Å². The fraction of sp³-hybridized carbons (Fsp3) is 0.222. The molecule has 2 N–H and O–H groups in total. The molecule has 0 saturated heterocycles. The van der Waals surface area contributed by atoms with E-state index in [1.165, 1.54) is 0 Å². The number of amides is 1. The Morgan fingerprint density at radius 1 is 1.12 bits per heavy atom. The van der Waals surface area contributed by atoms with E-state index in [9.17, 15) is 9.59 Å². The molecule has 0 spiro atoms. The number of anilines is 2. The molecule has 0 aliphatic rings. The first-order chi connectivity index (χ1) is 11.5. The fourth-order valence-electron chi connectivity index (χ4n) is 2.06. The Bertz CT molecular complexity index is 730. The topological polar surface area (TPSA) is 67.4 Å². The second-order valence-corrected chi connectivity index (χ2v) is 5.52.